The van der Waals surface area contributed by atoms with E-state index in [1.54, 1.807) is 11.9 Å². The molecule has 1 heterocycles. The maximum atomic E-state index is 12.9. The minimum atomic E-state index is -0.431. The van der Waals surface area contributed by atoms with Gasteiger partial charge in [0, 0.05) is 25.7 Å². The van der Waals surface area contributed by atoms with Crippen LogP contribution in [0.1, 0.15) is 41.6 Å². The van der Waals surface area contributed by atoms with Gasteiger partial charge in [0.1, 0.15) is 0 Å². The number of carbonyl (C=O) groups excluding carboxylic acids is 3. The van der Waals surface area contributed by atoms with E-state index < -0.39 is 5.92 Å². The van der Waals surface area contributed by atoms with Crippen molar-refractivity contribution >= 4 is 23.4 Å². The van der Waals surface area contributed by atoms with Crippen LogP contribution in [-0.2, 0) is 14.4 Å². The van der Waals surface area contributed by atoms with Crippen LogP contribution in [0.15, 0.2) is 42.5 Å². The summed E-state index contributed by atoms with van der Waals surface area (Å²) in [4.78, 5) is 41.2. The van der Waals surface area contributed by atoms with E-state index in [4.69, 9.17) is 0 Å². The van der Waals surface area contributed by atoms with Gasteiger partial charge in [0.05, 0.1) is 18.5 Å². The molecule has 1 aliphatic heterocycles. The van der Waals surface area contributed by atoms with Crippen molar-refractivity contribution in [1.29, 1.82) is 0 Å². The number of likely N-dealkylation sites (tertiary alicyclic amines) is 1. The number of carbonyl (C=O) groups is 3. The number of hydrogen-bond donors (Lipinski definition) is 1. The minimum Gasteiger partial charge on any atom is -0.336 e. The van der Waals surface area contributed by atoms with Crippen LogP contribution in [0.3, 0.4) is 0 Å². The van der Waals surface area contributed by atoms with E-state index >= 15 is 0 Å². The molecule has 6 nitrogen and oxygen atoms in total. The largest absolute Gasteiger partial charge is 0.336 e. The molecule has 0 aromatic heterocycles. The number of nitrogens with one attached hydrogen (secondary N) is 1. The molecule has 0 unspecified atom stereocenters. The molecular formula is C25H31N3O3. The number of likely N-dealkylation sites (N-methyl/N-ethyl adjacent to an activating group) is 1. The minimum absolute atomic E-state index is 0.0292. The lowest BCUT2D eigenvalue weighted by atomic mass is 10.0. The quantitative estimate of drug-likeness (QED) is 0.775. The Bertz CT molecular complexity index is 964. The second-order valence-electron chi connectivity index (χ2n) is 8.55. The van der Waals surface area contributed by atoms with Crippen LogP contribution in [0.5, 0.6) is 0 Å². The van der Waals surface area contributed by atoms with E-state index in [0.717, 1.165) is 27.9 Å². The summed E-state index contributed by atoms with van der Waals surface area (Å²) in [5, 5.41) is 2.93. The Hall–Kier alpha value is -3.15. The standard InChI is InChI=1S/C25H31N3O3/c1-16-11-17(2)24(18(3)12-16)26-22(29)15-27(5)25(31)21-13-23(30)28(14-21)19(4)20-9-7-6-8-10-20/h6-12,19,21H,13-15H2,1-5H3,(H,26,29)/t19-,21+/m1/s1. The molecule has 0 radical (unpaired) electrons. The first-order valence-corrected chi connectivity index (χ1v) is 10.6. The Morgan fingerprint density at radius 2 is 1.74 bits per heavy atom. The first-order valence-electron chi connectivity index (χ1n) is 10.6. The van der Waals surface area contributed by atoms with Crippen LogP contribution in [0.4, 0.5) is 5.69 Å². The van der Waals surface area contributed by atoms with Gasteiger partial charge in [0.25, 0.3) is 0 Å². The molecular weight excluding hydrogens is 390 g/mol. The smallest absolute Gasteiger partial charge is 0.243 e. The molecule has 0 bridgehead atoms. The molecule has 1 fully saturated rings. The zero-order chi connectivity index (χ0) is 22.7. The van der Waals surface area contributed by atoms with Crippen LogP contribution in [0, 0.1) is 26.7 Å². The second-order valence-corrected chi connectivity index (χ2v) is 8.55. The highest BCUT2D eigenvalue weighted by molar-refractivity contribution is 5.97. The summed E-state index contributed by atoms with van der Waals surface area (Å²) in [6, 6.07) is 13.7. The molecule has 2 atom stereocenters. The summed E-state index contributed by atoms with van der Waals surface area (Å²) in [5.74, 6) is -0.883. The highest BCUT2D eigenvalue weighted by Crippen LogP contribution is 2.29. The average molecular weight is 422 g/mol. The van der Waals surface area contributed by atoms with Crippen molar-refractivity contribution in [3.8, 4) is 0 Å². The van der Waals surface area contributed by atoms with E-state index in [1.165, 1.54) is 4.90 Å². The van der Waals surface area contributed by atoms with Crippen molar-refractivity contribution in [2.75, 3.05) is 25.5 Å². The number of anilines is 1. The van der Waals surface area contributed by atoms with Crippen LogP contribution in [-0.4, -0.2) is 47.7 Å². The van der Waals surface area contributed by atoms with Gasteiger partial charge in [-0.05, 0) is 44.4 Å². The van der Waals surface area contributed by atoms with E-state index in [2.05, 4.69) is 5.32 Å². The molecule has 1 aliphatic rings. The molecule has 31 heavy (non-hydrogen) atoms. The lowest BCUT2D eigenvalue weighted by molar-refractivity contribution is -0.137. The van der Waals surface area contributed by atoms with E-state index in [1.807, 2.05) is 70.2 Å². The van der Waals surface area contributed by atoms with Gasteiger partial charge in [0.2, 0.25) is 17.7 Å². The maximum Gasteiger partial charge on any atom is 0.243 e. The molecule has 164 valence electrons. The molecule has 1 saturated heterocycles. The van der Waals surface area contributed by atoms with E-state index in [9.17, 15) is 14.4 Å². The fourth-order valence-electron chi connectivity index (χ4n) is 4.34. The van der Waals surface area contributed by atoms with Gasteiger partial charge in [-0.2, -0.15) is 0 Å². The number of aryl methyl sites for hydroxylation is 3. The number of rotatable bonds is 6. The fourth-order valence-corrected chi connectivity index (χ4v) is 4.34. The van der Waals surface area contributed by atoms with Gasteiger partial charge >= 0.3 is 0 Å². The van der Waals surface area contributed by atoms with E-state index in [0.29, 0.717) is 6.54 Å². The molecule has 0 spiro atoms. The molecule has 6 heteroatoms. The number of nitrogens with zero attached hydrogens (tertiary/aromatic N) is 2. The normalized spacial score (nSPS) is 16.9. The predicted molar refractivity (Wildman–Crippen MR) is 122 cm³/mol. The third kappa shape index (κ3) is 5.13. The Morgan fingerprint density at radius 1 is 1.13 bits per heavy atom. The second kappa shape index (κ2) is 9.33. The highest BCUT2D eigenvalue weighted by atomic mass is 16.2. The third-order valence-corrected chi connectivity index (χ3v) is 5.96. The zero-order valence-corrected chi connectivity index (χ0v) is 18.9. The summed E-state index contributed by atoms with van der Waals surface area (Å²) in [7, 11) is 1.62. The van der Waals surface area contributed by atoms with Crippen molar-refractivity contribution < 1.29 is 14.4 Å². The highest BCUT2D eigenvalue weighted by Gasteiger charge is 2.38. The first-order chi connectivity index (χ1) is 14.7. The Morgan fingerprint density at radius 3 is 2.35 bits per heavy atom. The molecule has 1 N–H and O–H groups in total. The van der Waals surface area contributed by atoms with Gasteiger partial charge in [-0.1, -0.05) is 48.0 Å². The van der Waals surface area contributed by atoms with Crippen molar-refractivity contribution in [3.63, 3.8) is 0 Å². The Balaban J connectivity index is 1.60. The van der Waals surface area contributed by atoms with Crippen molar-refractivity contribution in [3.05, 3.63) is 64.7 Å². The summed E-state index contributed by atoms with van der Waals surface area (Å²) >= 11 is 0. The number of benzene rings is 2. The summed E-state index contributed by atoms with van der Waals surface area (Å²) in [5.41, 5.74) is 4.95. The molecule has 3 rings (SSSR count). The Kier molecular flexibility index (Phi) is 6.78. The maximum absolute atomic E-state index is 12.9. The fraction of sp³-hybridized carbons (Fsp3) is 0.400. The van der Waals surface area contributed by atoms with Gasteiger partial charge in [-0.25, -0.2) is 0 Å². The average Bonchev–Trinajstić information content (AvgIpc) is 3.11. The van der Waals surface area contributed by atoms with Crippen LogP contribution < -0.4 is 5.32 Å². The van der Waals surface area contributed by atoms with Crippen molar-refractivity contribution in [1.82, 2.24) is 9.80 Å². The topological polar surface area (TPSA) is 69.7 Å². The lowest BCUT2D eigenvalue weighted by Gasteiger charge is -2.26. The number of hydrogen-bond acceptors (Lipinski definition) is 3. The van der Waals surface area contributed by atoms with Gasteiger partial charge < -0.3 is 15.1 Å². The molecule has 2 aromatic carbocycles. The summed E-state index contributed by atoms with van der Waals surface area (Å²) in [6.45, 7) is 8.22. The first kappa shape index (κ1) is 22.5. The Labute approximate surface area is 184 Å². The van der Waals surface area contributed by atoms with E-state index in [-0.39, 0.29) is 36.7 Å². The van der Waals surface area contributed by atoms with Crippen LogP contribution >= 0.6 is 0 Å². The molecule has 3 amide bonds. The number of amides is 3. The van der Waals surface area contributed by atoms with Gasteiger partial charge in [-0.15, -0.1) is 0 Å². The summed E-state index contributed by atoms with van der Waals surface area (Å²) in [6.07, 6.45) is 0.179. The van der Waals surface area contributed by atoms with Crippen molar-refractivity contribution in [2.24, 2.45) is 5.92 Å². The third-order valence-electron chi connectivity index (χ3n) is 5.96. The molecule has 2 aromatic rings. The molecule has 0 saturated carbocycles. The van der Waals surface area contributed by atoms with Crippen LogP contribution in [0.2, 0.25) is 0 Å². The summed E-state index contributed by atoms with van der Waals surface area (Å²) < 4.78 is 0. The predicted octanol–water partition coefficient (Wildman–Crippen LogP) is 3.62. The van der Waals surface area contributed by atoms with Crippen LogP contribution in [0.25, 0.3) is 0 Å². The zero-order valence-electron chi connectivity index (χ0n) is 18.9. The molecule has 0 aliphatic carbocycles. The lowest BCUT2D eigenvalue weighted by Crippen LogP contribution is -2.39. The monoisotopic (exact) mass is 421 g/mol. The van der Waals surface area contributed by atoms with Gasteiger partial charge in [-0.3, -0.25) is 14.4 Å². The van der Waals surface area contributed by atoms with Gasteiger partial charge in [0.15, 0.2) is 0 Å². The SMILES string of the molecule is Cc1cc(C)c(NC(=O)CN(C)C(=O)[C@H]2CC(=O)N([C@H](C)c3ccccc3)C2)c(C)c1. The van der Waals surface area contributed by atoms with Crippen molar-refractivity contribution in [2.45, 2.75) is 40.2 Å².